The van der Waals surface area contributed by atoms with Crippen molar-refractivity contribution < 1.29 is 19.3 Å². The highest BCUT2D eigenvalue weighted by molar-refractivity contribution is 6.45. The number of fused-ring (bicyclic) bond motifs is 1. The number of rotatable bonds is 8. The van der Waals surface area contributed by atoms with Gasteiger partial charge >= 0.3 is 5.69 Å². The number of likely N-dealkylation sites (tertiary alicyclic amines) is 1. The van der Waals surface area contributed by atoms with E-state index in [-0.39, 0.29) is 6.04 Å². The topological polar surface area (TPSA) is 83.7 Å². The minimum Gasteiger partial charge on any atom is -0.348 e. The van der Waals surface area contributed by atoms with Crippen molar-refractivity contribution in [1.82, 2.24) is 14.8 Å². The van der Waals surface area contributed by atoms with Gasteiger partial charge in [-0.05, 0) is 45.8 Å². The number of hydrogen-bond donors (Lipinski definition) is 1. The Morgan fingerprint density at radius 1 is 1.21 bits per heavy atom. The molecular weight excluding hydrogens is 372 g/mol. The number of amides is 1. The van der Waals surface area contributed by atoms with Crippen LogP contribution >= 0.6 is 0 Å². The van der Waals surface area contributed by atoms with E-state index in [0.29, 0.717) is 33.6 Å². The van der Waals surface area contributed by atoms with E-state index in [1.165, 1.54) is 26.4 Å². The number of benzene rings is 1. The molecule has 0 spiro atoms. The van der Waals surface area contributed by atoms with Crippen LogP contribution in [0.1, 0.15) is 49.5 Å². The van der Waals surface area contributed by atoms with Crippen molar-refractivity contribution in [2.75, 3.05) is 33.3 Å². The van der Waals surface area contributed by atoms with Gasteiger partial charge in [-0.3, -0.25) is 9.59 Å². The summed E-state index contributed by atoms with van der Waals surface area (Å²) >= 11 is 0. The average molecular weight is 401 g/mol. The second-order valence-corrected chi connectivity index (χ2v) is 7.67. The van der Waals surface area contributed by atoms with Crippen molar-refractivity contribution in [2.24, 2.45) is 0 Å². The third kappa shape index (κ3) is 4.64. The molecule has 1 aliphatic rings. The van der Waals surface area contributed by atoms with Gasteiger partial charge in [-0.25, -0.2) is 4.84 Å². The summed E-state index contributed by atoms with van der Waals surface area (Å²) in [4.78, 5) is 44.5. The molecule has 1 N–H and O–H groups in total. The van der Waals surface area contributed by atoms with Crippen molar-refractivity contribution in [3.63, 3.8) is 0 Å². The van der Waals surface area contributed by atoms with E-state index in [0.717, 1.165) is 19.6 Å². The Labute approximate surface area is 170 Å². The van der Waals surface area contributed by atoms with Gasteiger partial charge in [0.25, 0.3) is 16.6 Å². The summed E-state index contributed by atoms with van der Waals surface area (Å²) < 4.78 is 1.89. The number of piperidine rings is 1. The summed E-state index contributed by atoms with van der Waals surface area (Å²) in [5, 5.41) is 3.39. The molecular formula is C21H29N4O4+. The van der Waals surface area contributed by atoms with Crippen LogP contribution < -0.4 is 5.32 Å². The number of ketones is 1. The van der Waals surface area contributed by atoms with Crippen molar-refractivity contribution in [3.8, 4) is 0 Å². The summed E-state index contributed by atoms with van der Waals surface area (Å²) in [6.45, 7) is 7.26. The largest absolute Gasteiger partial charge is 0.348 e. The maximum atomic E-state index is 12.8. The van der Waals surface area contributed by atoms with Crippen molar-refractivity contribution in [2.45, 2.75) is 39.2 Å². The number of hydrogen-bond acceptors (Lipinski definition) is 5. The second kappa shape index (κ2) is 9.17. The van der Waals surface area contributed by atoms with Crippen LogP contribution in [0.3, 0.4) is 0 Å². The predicted molar refractivity (Wildman–Crippen MR) is 110 cm³/mol. The van der Waals surface area contributed by atoms with Gasteiger partial charge in [0.15, 0.2) is 7.11 Å². The Balaban J connectivity index is 1.77. The summed E-state index contributed by atoms with van der Waals surface area (Å²) in [5.74, 6) is -1.16. The molecule has 1 saturated heterocycles. The lowest BCUT2D eigenvalue weighted by Gasteiger charge is -2.26. The predicted octanol–water partition coefficient (Wildman–Crippen LogP) is 2.98. The van der Waals surface area contributed by atoms with Crippen LogP contribution in [0.5, 0.6) is 0 Å². The molecule has 0 unspecified atom stereocenters. The van der Waals surface area contributed by atoms with Crippen LogP contribution in [-0.2, 0) is 9.63 Å². The van der Waals surface area contributed by atoms with Crippen LogP contribution in [0.15, 0.2) is 24.4 Å². The van der Waals surface area contributed by atoms with Crippen LogP contribution in [0, 0.1) is 4.91 Å². The molecule has 3 rings (SSSR count). The highest BCUT2D eigenvalue weighted by Gasteiger charge is 2.25. The van der Waals surface area contributed by atoms with E-state index in [1.54, 1.807) is 24.4 Å². The lowest BCUT2D eigenvalue weighted by Crippen LogP contribution is -2.39. The SMILES string of the molecule is CO[N+](=O)c1ccc2c(C(=O)C(=O)NCCN3CCCCC3)cn(C(C)C)c2c1. The summed E-state index contributed by atoms with van der Waals surface area (Å²) in [5.41, 5.74) is 1.37. The molecule has 1 aromatic heterocycles. The fraction of sp³-hybridized carbons (Fsp3) is 0.524. The quantitative estimate of drug-likeness (QED) is 0.418. The third-order valence-electron chi connectivity index (χ3n) is 5.36. The molecule has 1 aliphatic heterocycles. The van der Waals surface area contributed by atoms with Gasteiger partial charge in [-0.1, -0.05) is 6.42 Å². The molecule has 0 radical (unpaired) electrons. The Bertz CT molecular complexity index is 913. The number of nitrogens with one attached hydrogen (secondary N) is 1. The molecule has 8 heteroatoms. The van der Waals surface area contributed by atoms with Crippen molar-refractivity contribution in [1.29, 1.82) is 0 Å². The van der Waals surface area contributed by atoms with E-state index in [9.17, 15) is 14.5 Å². The maximum absolute atomic E-state index is 12.8. The van der Waals surface area contributed by atoms with Crippen LogP contribution in [0.25, 0.3) is 10.9 Å². The number of carbonyl (C=O) groups is 2. The van der Waals surface area contributed by atoms with Crippen LogP contribution in [0.4, 0.5) is 5.69 Å². The molecule has 29 heavy (non-hydrogen) atoms. The van der Waals surface area contributed by atoms with Crippen molar-refractivity contribution >= 4 is 28.3 Å². The van der Waals surface area contributed by atoms with Gasteiger partial charge in [0, 0.05) is 42.8 Å². The highest BCUT2D eigenvalue weighted by atomic mass is 16.8. The molecule has 2 aromatic rings. The third-order valence-corrected chi connectivity index (χ3v) is 5.36. The van der Waals surface area contributed by atoms with Crippen LogP contribution in [0.2, 0.25) is 0 Å². The standard InChI is InChI=1S/C21H28N4O4/c1-15(2)24-14-18(17-8-7-16(13-19(17)24)25(28)29-3)20(26)21(27)22-9-12-23-10-5-4-6-11-23/h7-8,13-15H,4-6,9-12H2,1-3H3/p+1. The fourth-order valence-electron chi connectivity index (χ4n) is 3.78. The molecule has 1 aromatic carbocycles. The minimum atomic E-state index is -0.601. The van der Waals surface area contributed by atoms with E-state index in [1.807, 2.05) is 18.4 Å². The zero-order valence-electron chi connectivity index (χ0n) is 17.3. The molecule has 0 saturated carbocycles. The molecule has 1 fully saturated rings. The number of nitrogens with zero attached hydrogens (tertiary/aromatic N) is 3. The van der Waals surface area contributed by atoms with E-state index in [2.05, 4.69) is 10.2 Å². The molecule has 0 atom stereocenters. The number of Topliss-reactive ketones (excluding diaryl/α,β-unsaturated/α-hetero) is 1. The molecule has 156 valence electrons. The normalized spacial score (nSPS) is 14.9. The fourth-order valence-corrected chi connectivity index (χ4v) is 3.78. The van der Waals surface area contributed by atoms with Gasteiger partial charge in [-0.15, -0.1) is 0 Å². The van der Waals surface area contributed by atoms with Crippen molar-refractivity contribution in [3.05, 3.63) is 34.9 Å². The van der Waals surface area contributed by atoms with Gasteiger partial charge in [0.05, 0.1) is 16.0 Å². The first-order valence-electron chi connectivity index (χ1n) is 10.1. The molecule has 8 nitrogen and oxygen atoms in total. The average Bonchev–Trinajstić information content (AvgIpc) is 3.12. The van der Waals surface area contributed by atoms with E-state index < -0.39 is 11.7 Å². The zero-order chi connectivity index (χ0) is 21.0. The maximum Gasteiger partial charge on any atom is 0.318 e. The molecule has 1 amide bonds. The monoisotopic (exact) mass is 401 g/mol. The Morgan fingerprint density at radius 3 is 2.59 bits per heavy atom. The highest BCUT2D eigenvalue weighted by Crippen LogP contribution is 2.29. The summed E-state index contributed by atoms with van der Waals surface area (Å²) in [7, 11) is 1.29. The zero-order valence-corrected chi connectivity index (χ0v) is 17.3. The number of aromatic nitrogens is 1. The second-order valence-electron chi connectivity index (χ2n) is 7.67. The van der Waals surface area contributed by atoms with Gasteiger partial charge < -0.3 is 14.8 Å². The molecule has 2 heterocycles. The molecule has 0 bridgehead atoms. The first kappa shape index (κ1) is 21.0. The Hall–Kier alpha value is -2.74. The lowest BCUT2D eigenvalue weighted by molar-refractivity contribution is -0.736. The van der Waals surface area contributed by atoms with Gasteiger partial charge in [-0.2, -0.15) is 0 Å². The van der Waals surface area contributed by atoms with Crippen LogP contribution in [-0.4, -0.2) is 59.4 Å². The first-order valence-corrected chi connectivity index (χ1v) is 10.1. The van der Waals surface area contributed by atoms with Gasteiger partial charge in [0.1, 0.15) is 0 Å². The first-order chi connectivity index (χ1) is 13.9. The smallest absolute Gasteiger partial charge is 0.318 e. The lowest BCUT2D eigenvalue weighted by atomic mass is 10.1. The molecule has 0 aliphatic carbocycles. The summed E-state index contributed by atoms with van der Waals surface area (Å²) in [6, 6.07) is 4.98. The number of carbonyl (C=O) groups excluding carboxylic acids is 2. The van der Waals surface area contributed by atoms with E-state index in [4.69, 9.17) is 4.84 Å². The van der Waals surface area contributed by atoms with Gasteiger partial charge in [0.2, 0.25) is 0 Å². The minimum absolute atomic E-state index is 0.0547. The Kier molecular flexibility index (Phi) is 6.64. The summed E-state index contributed by atoms with van der Waals surface area (Å²) in [6.07, 6.45) is 5.33. The Morgan fingerprint density at radius 2 is 1.93 bits per heavy atom. The van der Waals surface area contributed by atoms with E-state index >= 15 is 0 Å².